The number of hydrogen-bond acceptors (Lipinski definition) is 4. The highest BCUT2D eigenvalue weighted by atomic mass is 14.9. The van der Waals surface area contributed by atoms with Crippen LogP contribution in [-0.4, -0.2) is 39.3 Å². The van der Waals surface area contributed by atoms with Gasteiger partial charge in [0.1, 0.15) is 0 Å². The van der Waals surface area contributed by atoms with Gasteiger partial charge in [0, 0.05) is 0 Å². The zero-order valence-electron chi connectivity index (χ0n) is 12.1. The lowest BCUT2D eigenvalue weighted by Gasteiger charge is -2.06. The first kappa shape index (κ1) is 17.8. The Morgan fingerprint density at radius 2 is 0.778 bits per heavy atom. The average molecular weight is 258 g/mol. The van der Waals surface area contributed by atoms with Gasteiger partial charge in [-0.1, -0.05) is 12.8 Å². The summed E-state index contributed by atoms with van der Waals surface area (Å²) in [6, 6.07) is 0. The van der Waals surface area contributed by atoms with Crippen LogP contribution in [0.15, 0.2) is 0 Å². The third-order valence-corrected chi connectivity index (χ3v) is 3.07. The molecule has 0 amide bonds. The molecule has 0 atom stereocenters. The Morgan fingerprint density at radius 3 is 1.11 bits per heavy atom. The third kappa shape index (κ3) is 15.8. The van der Waals surface area contributed by atoms with Crippen LogP contribution in [0.3, 0.4) is 0 Å². The van der Waals surface area contributed by atoms with Crippen molar-refractivity contribution in [2.45, 2.75) is 51.4 Å². The van der Waals surface area contributed by atoms with Crippen molar-refractivity contribution < 1.29 is 0 Å². The summed E-state index contributed by atoms with van der Waals surface area (Å²) in [5.74, 6) is 0. The Morgan fingerprint density at radius 1 is 0.444 bits per heavy atom. The van der Waals surface area contributed by atoms with E-state index in [1.165, 1.54) is 38.5 Å². The first-order valence-electron chi connectivity index (χ1n) is 7.73. The van der Waals surface area contributed by atoms with E-state index in [9.17, 15) is 0 Å². The van der Waals surface area contributed by atoms with Crippen LogP contribution < -0.4 is 22.1 Å². The fourth-order valence-electron chi connectivity index (χ4n) is 1.89. The number of nitrogens with one attached hydrogen (secondary N) is 2. The summed E-state index contributed by atoms with van der Waals surface area (Å²) in [5, 5.41) is 6.96. The number of nitrogens with two attached hydrogens (primary N) is 2. The summed E-state index contributed by atoms with van der Waals surface area (Å²) in [6.07, 6.45) is 9.90. The summed E-state index contributed by atoms with van der Waals surface area (Å²) < 4.78 is 0. The highest BCUT2D eigenvalue weighted by Gasteiger charge is 1.91. The van der Waals surface area contributed by atoms with E-state index < -0.39 is 0 Å². The molecule has 4 heteroatoms. The molecule has 0 bridgehead atoms. The largest absolute Gasteiger partial charge is 0.330 e. The summed E-state index contributed by atoms with van der Waals surface area (Å²) in [6.45, 7) is 6.25. The highest BCUT2D eigenvalue weighted by molar-refractivity contribution is 4.53. The molecule has 0 aromatic carbocycles. The van der Waals surface area contributed by atoms with E-state index in [0.717, 1.165) is 52.1 Å². The van der Waals surface area contributed by atoms with Gasteiger partial charge in [0.25, 0.3) is 0 Å². The minimum atomic E-state index is 0.830. The Labute approximate surface area is 113 Å². The van der Waals surface area contributed by atoms with Gasteiger partial charge in [-0.3, -0.25) is 0 Å². The fourth-order valence-corrected chi connectivity index (χ4v) is 1.89. The molecule has 0 spiro atoms. The minimum Gasteiger partial charge on any atom is -0.330 e. The Bertz CT molecular complexity index is 126. The van der Waals surface area contributed by atoms with Crippen LogP contribution in [0.25, 0.3) is 0 Å². The van der Waals surface area contributed by atoms with Crippen molar-refractivity contribution in [1.82, 2.24) is 10.6 Å². The summed E-state index contributed by atoms with van der Waals surface area (Å²) in [5.41, 5.74) is 10.9. The van der Waals surface area contributed by atoms with E-state index in [4.69, 9.17) is 11.5 Å². The Balaban J connectivity index is 2.86. The van der Waals surface area contributed by atoms with Crippen LogP contribution in [0, 0.1) is 0 Å². The third-order valence-electron chi connectivity index (χ3n) is 3.07. The lowest BCUT2D eigenvalue weighted by molar-refractivity contribution is 0.550. The fraction of sp³-hybridized carbons (Fsp3) is 1.00. The summed E-state index contributed by atoms with van der Waals surface area (Å²) >= 11 is 0. The van der Waals surface area contributed by atoms with Gasteiger partial charge in [-0.05, 0) is 77.8 Å². The Kier molecular flexibility index (Phi) is 16.7. The molecule has 4 nitrogen and oxygen atoms in total. The first-order valence-corrected chi connectivity index (χ1v) is 7.73. The minimum absolute atomic E-state index is 0.830. The van der Waals surface area contributed by atoms with Crippen molar-refractivity contribution in [3.8, 4) is 0 Å². The van der Waals surface area contributed by atoms with Crippen molar-refractivity contribution in [3.63, 3.8) is 0 Å². The normalized spacial score (nSPS) is 11.0. The smallest absolute Gasteiger partial charge is 0.00484 e. The van der Waals surface area contributed by atoms with Crippen molar-refractivity contribution >= 4 is 0 Å². The molecule has 0 aliphatic carbocycles. The molecule has 18 heavy (non-hydrogen) atoms. The molecule has 0 aliphatic rings. The second kappa shape index (κ2) is 16.8. The van der Waals surface area contributed by atoms with E-state index >= 15 is 0 Å². The van der Waals surface area contributed by atoms with Crippen LogP contribution >= 0.6 is 0 Å². The molecular formula is C14H34N4. The molecule has 0 unspecified atom stereocenters. The molecule has 0 rings (SSSR count). The van der Waals surface area contributed by atoms with Crippen LogP contribution in [0.2, 0.25) is 0 Å². The SMILES string of the molecule is NCCCCCNCCCCNCCCCCN. The number of rotatable bonds is 15. The van der Waals surface area contributed by atoms with E-state index in [1.807, 2.05) is 0 Å². The second-order valence-electron chi connectivity index (χ2n) is 4.91. The number of unbranched alkanes of at least 4 members (excludes halogenated alkanes) is 5. The molecular weight excluding hydrogens is 224 g/mol. The highest BCUT2D eigenvalue weighted by Crippen LogP contribution is 1.93. The van der Waals surface area contributed by atoms with Crippen molar-refractivity contribution in [2.24, 2.45) is 11.5 Å². The molecule has 0 saturated heterocycles. The van der Waals surface area contributed by atoms with Gasteiger partial charge in [0.15, 0.2) is 0 Å². The maximum absolute atomic E-state index is 5.44. The van der Waals surface area contributed by atoms with Gasteiger partial charge in [-0.15, -0.1) is 0 Å². The molecule has 0 aromatic heterocycles. The van der Waals surface area contributed by atoms with Gasteiger partial charge in [0.2, 0.25) is 0 Å². The quantitative estimate of drug-likeness (QED) is 0.333. The molecule has 6 N–H and O–H groups in total. The maximum Gasteiger partial charge on any atom is -0.00484 e. The topological polar surface area (TPSA) is 76.1 Å². The predicted molar refractivity (Wildman–Crippen MR) is 80.8 cm³/mol. The molecule has 0 aromatic rings. The first-order chi connectivity index (χ1) is 8.91. The second-order valence-corrected chi connectivity index (χ2v) is 4.91. The van der Waals surface area contributed by atoms with Crippen LogP contribution in [0.1, 0.15) is 51.4 Å². The van der Waals surface area contributed by atoms with Crippen molar-refractivity contribution in [1.29, 1.82) is 0 Å². The van der Waals surface area contributed by atoms with Crippen LogP contribution in [-0.2, 0) is 0 Å². The molecule has 0 heterocycles. The molecule has 0 saturated carbocycles. The van der Waals surface area contributed by atoms with Crippen molar-refractivity contribution in [2.75, 3.05) is 39.3 Å². The van der Waals surface area contributed by atoms with Crippen molar-refractivity contribution in [3.05, 3.63) is 0 Å². The van der Waals surface area contributed by atoms with Crippen LogP contribution in [0.5, 0.6) is 0 Å². The van der Waals surface area contributed by atoms with Gasteiger partial charge in [-0.25, -0.2) is 0 Å². The van der Waals surface area contributed by atoms with E-state index in [1.54, 1.807) is 0 Å². The predicted octanol–water partition coefficient (Wildman–Crippen LogP) is 1.20. The van der Waals surface area contributed by atoms with E-state index in [0.29, 0.717) is 0 Å². The summed E-state index contributed by atoms with van der Waals surface area (Å²) in [4.78, 5) is 0. The van der Waals surface area contributed by atoms with Crippen LogP contribution in [0.4, 0.5) is 0 Å². The lowest BCUT2D eigenvalue weighted by atomic mass is 10.2. The molecule has 0 radical (unpaired) electrons. The average Bonchev–Trinajstić information content (AvgIpc) is 2.39. The van der Waals surface area contributed by atoms with Gasteiger partial charge >= 0.3 is 0 Å². The Hall–Kier alpha value is -0.160. The van der Waals surface area contributed by atoms with E-state index in [-0.39, 0.29) is 0 Å². The van der Waals surface area contributed by atoms with Gasteiger partial charge in [0.05, 0.1) is 0 Å². The maximum atomic E-state index is 5.44. The number of hydrogen-bond donors (Lipinski definition) is 4. The molecule has 110 valence electrons. The zero-order valence-corrected chi connectivity index (χ0v) is 12.1. The van der Waals surface area contributed by atoms with Gasteiger partial charge in [-0.2, -0.15) is 0 Å². The van der Waals surface area contributed by atoms with Gasteiger partial charge < -0.3 is 22.1 Å². The lowest BCUT2D eigenvalue weighted by Crippen LogP contribution is -2.20. The van der Waals surface area contributed by atoms with E-state index in [2.05, 4.69) is 10.6 Å². The molecule has 0 aliphatic heterocycles. The standard InChI is InChI=1S/C14H34N4/c15-9-3-1-5-11-17-13-7-8-14-18-12-6-2-4-10-16/h17-18H,1-16H2. The summed E-state index contributed by atoms with van der Waals surface area (Å²) in [7, 11) is 0. The zero-order chi connectivity index (χ0) is 13.3. The molecule has 0 fully saturated rings. The monoisotopic (exact) mass is 258 g/mol.